The Morgan fingerprint density at radius 1 is 1.19 bits per heavy atom. The molecule has 1 amide bonds. The summed E-state index contributed by atoms with van der Waals surface area (Å²) in [4.78, 5) is 43.8. The molecule has 162 valence electrons. The first kappa shape index (κ1) is 21.6. The Morgan fingerprint density at radius 3 is 2.74 bits per heavy atom. The Labute approximate surface area is 184 Å². The van der Waals surface area contributed by atoms with Crippen LogP contribution in [0.3, 0.4) is 0 Å². The van der Waals surface area contributed by atoms with Gasteiger partial charge in [0.1, 0.15) is 11.6 Å². The van der Waals surface area contributed by atoms with E-state index in [1.165, 1.54) is 33.6 Å². The van der Waals surface area contributed by atoms with Crippen molar-refractivity contribution in [2.75, 3.05) is 18.8 Å². The number of hydrogen-bond donors (Lipinski definition) is 0. The zero-order valence-corrected chi connectivity index (χ0v) is 18.1. The van der Waals surface area contributed by atoms with Gasteiger partial charge in [-0.2, -0.15) is 0 Å². The second kappa shape index (κ2) is 9.27. The van der Waals surface area contributed by atoms with Crippen molar-refractivity contribution in [1.29, 1.82) is 0 Å². The third-order valence-corrected chi connectivity index (χ3v) is 6.95. The summed E-state index contributed by atoms with van der Waals surface area (Å²) in [6, 6.07) is 4.34. The number of amides is 1. The molecule has 3 heterocycles. The van der Waals surface area contributed by atoms with E-state index >= 15 is 0 Å². The SMILES string of the molecule is O=C(c1cc(F)ccc1F)C1CCN(C(=O)CSCc2cc(=O)n3ccsc3n2)CC1. The molecule has 0 unspecified atom stereocenters. The molecule has 0 spiro atoms. The summed E-state index contributed by atoms with van der Waals surface area (Å²) >= 11 is 2.76. The molecule has 0 atom stereocenters. The van der Waals surface area contributed by atoms with Crippen molar-refractivity contribution in [2.24, 2.45) is 5.92 Å². The van der Waals surface area contributed by atoms with Gasteiger partial charge in [0.25, 0.3) is 5.56 Å². The number of likely N-dealkylation sites (tertiary alicyclic amines) is 1. The van der Waals surface area contributed by atoms with Crippen molar-refractivity contribution >= 4 is 39.7 Å². The van der Waals surface area contributed by atoms with Gasteiger partial charge < -0.3 is 4.90 Å². The van der Waals surface area contributed by atoms with E-state index in [0.717, 1.165) is 18.2 Å². The van der Waals surface area contributed by atoms with Gasteiger partial charge in [0.15, 0.2) is 10.7 Å². The number of fused-ring (bicyclic) bond motifs is 1. The average molecular weight is 464 g/mol. The van der Waals surface area contributed by atoms with Crippen LogP contribution in [0.4, 0.5) is 8.78 Å². The van der Waals surface area contributed by atoms with Crippen molar-refractivity contribution in [3.63, 3.8) is 0 Å². The van der Waals surface area contributed by atoms with E-state index in [4.69, 9.17) is 0 Å². The molecule has 1 saturated heterocycles. The Balaban J connectivity index is 1.27. The monoisotopic (exact) mass is 463 g/mol. The Kier molecular flexibility index (Phi) is 6.47. The molecule has 0 N–H and O–H groups in total. The zero-order chi connectivity index (χ0) is 22.0. The molecule has 1 aliphatic heterocycles. The number of nitrogens with zero attached hydrogens (tertiary/aromatic N) is 3. The van der Waals surface area contributed by atoms with Crippen LogP contribution in [0.5, 0.6) is 0 Å². The normalized spacial score (nSPS) is 14.8. The fraction of sp³-hybridized carbons (Fsp3) is 0.333. The van der Waals surface area contributed by atoms with Crippen LogP contribution in [0.25, 0.3) is 4.96 Å². The minimum Gasteiger partial charge on any atom is -0.342 e. The molecule has 4 rings (SSSR count). The minimum absolute atomic E-state index is 0.0539. The van der Waals surface area contributed by atoms with Crippen LogP contribution in [-0.4, -0.2) is 44.8 Å². The Morgan fingerprint density at radius 2 is 1.97 bits per heavy atom. The molecule has 3 aromatic rings. The lowest BCUT2D eigenvalue weighted by Crippen LogP contribution is -2.41. The quantitative estimate of drug-likeness (QED) is 0.524. The van der Waals surface area contributed by atoms with Crippen LogP contribution in [0.1, 0.15) is 28.9 Å². The molecular formula is C21H19F2N3O3S2. The molecule has 2 aromatic heterocycles. The third kappa shape index (κ3) is 4.85. The number of benzene rings is 1. The lowest BCUT2D eigenvalue weighted by molar-refractivity contribution is -0.129. The lowest BCUT2D eigenvalue weighted by atomic mass is 9.88. The van der Waals surface area contributed by atoms with Gasteiger partial charge in [0.2, 0.25) is 5.91 Å². The van der Waals surface area contributed by atoms with E-state index in [-0.39, 0.29) is 22.8 Å². The van der Waals surface area contributed by atoms with E-state index in [2.05, 4.69) is 4.98 Å². The second-order valence-corrected chi connectivity index (χ2v) is 9.14. The number of hydrogen-bond acceptors (Lipinski definition) is 6. The number of piperidine rings is 1. The lowest BCUT2D eigenvalue weighted by Gasteiger charge is -2.31. The molecule has 0 radical (unpaired) electrons. The summed E-state index contributed by atoms with van der Waals surface area (Å²) in [6.45, 7) is 0.793. The number of halogens is 2. The maximum Gasteiger partial charge on any atom is 0.258 e. The van der Waals surface area contributed by atoms with Crippen LogP contribution in [-0.2, 0) is 10.5 Å². The van der Waals surface area contributed by atoms with Crippen molar-refractivity contribution < 1.29 is 18.4 Å². The topological polar surface area (TPSA) is 71.8 Å². The maximum absolute atomic E-state index is 13.9. The smallest absolute Gasteiger partial charge is 0.258 e. The first-order chi connectivity index (χ1) is 14.9. The molecule has 0 saturated carbocycles. The van der Waals surface area contributed by atoms with E-state index in [1.807, 2.05) is 0 Å². The van der Waals surface area contributed by atoms with Gasteiger partial charge in [0.05, 0.1) is 17.0 Å². The minimum atomic E-state index is -0.727. The number of rotatable bonds is 6. The van der Waals surface area contributed by atoms with Crippen molar-refractivity contribution in [3.8, 4) is 0 Å². The first-order valence-corrected chi connectivity index (χ1v) is 11.8. The summed E-state index contributed by atoms with van der Waals surface area (Å²) in [6.07, 6.45) is 2.50. The van der Waals surface area contributed by atoms with Gasteiger partial charge in [-0.05, 0) is 31.0 Å². The number of thioether (sulfide) groups is 1. The summed E-state index contributed by atoms with van der Waals surface area (Å²) < 4.78 is 28.7. The van der Waals surface area contributed by atoms with Gasteiger partial charge in [-0.3, -0.25) is 18.8 Å². The molecule has 1 aromatic carbocycles. The molecule has 1 aliphatic rings. The summed E-state index contributed by atoms with van der Waals surface area (Å²) in [5.41, 5.74) is 0.257. The number of carbonyl (C=O) groups excluding carboxylic acids is 2. The first-order valence-electron chi connectivity index (χ1n) is 9.73. The third-order valence-electron chi connectivity index (χ3n) is 5.24. The number of Topliss-reactive ketones (excluding diaryl/α,β-unsaturated/α-hetero) is 1. The molecule has 0 aliphatic carbocycles. The number of thiazole rings is 1. The highest BCUT2D eigenvalue weighted by Crippen LogP contribution is 2.24. The maximum atomic E-state index is 13.9. The van der Waals surface area contributed by atoms with Crippen LogP contribution in [0, 0.1) is 17.6 Å². The molecule has 6 nitrogen and oxygen atoms in total. The van der Waals surface area contributed by atoms with Gasteiger partial charge in [-0.15, -0.1) is 23.1 Å². The van der Waals surface area contributed by atoms with Crippen LogP contribution < -0.4 is 5.56 Å². The molecule has 31 heavy (non-hydrogen) atoms. The van der Waals surface area contributed by atoms with Gasteiger partial charge in [0, 0.05) is 42.4 Å². The van der Waals surface area contributed by atoms with Crippen molar-refractivity contribution in [3.05, 3.63) is 69.1 Å². The predicted molar refractivity (Wildman–Crippen MR) is 115 cm³/mol. The van der Waals surface area contributed by atoms with E-state index in [9.17, 15) is 23.2 Å². The average Bonchev–Trinajstić information content (AvgIpc) is 3.24. The fourth-order valence-corrected chi connectivity index (χ4v) is 5.15. The molecular weight excluding hydrogens is 444 g/mol. The molecule has 10 heteroatoms. The summed E-state index contributed by atoms with van der Waals surface area (Å²) in [7, 11) is 0. The van der Waals surface area contributed by atoms with E-state index < -0.39 is 23.3 Å². The number of aromatic nitrogens is 2. The van der Waals surface area contributed by atoms with E-state index in [1.54, 1.807) is 16.5 Å². The van der Waals surface area contributed by atoms with Gasteiger partial charge in [-0.25, -0.2) is 13.8 Å². The van der Waals surface area contributed by atoms with Crippen LogP contribution in [0.2, 0.25) is 0 Å². The Bertz CT molecular complexity index is 1190. The summed E-state index contributed by atoms with van der Waals surface area (Å²) in [5, 5.41) is 1.79. The van der Waals surface area contributed by atoms with Crippen LogP contribution in [0.15, 0.2) is 40.6 Å². The Hall–Kier alpha value is -2.59. The zero-order valence-electron chi connectivity index (χ0n) is 16.4. The van der Waals surface area contributed by atoms with Crippen LogP contribution >= 0.6 is 23.1 Å². The second-order valence-electron chi connectivity index (χ2n) is 7.28. The molecule has 0 bridgehead atoms. The standard InChI is InChI=1S/C21H19F2N3O3S2/c22-14-1-2-17(23)16(9-14)20(29)13-3-5-25(6-4-13)19(28)12-30-11-15-10-18(27)26-7-8-31-21(26)24-15/h1-2,7-10,13H,3-6,11-12H2. The van der Waals surface area contributed by atoms with E-state index in [0.29, 0.717) is 42.3 Å². The number of ketones is 1. The highest BCUT2D eigenvalue weighted by Gasteiger charge is 2.29. The van der Waals surface area contributed by atoms with Crippen molar-refractivity contribution in [1.82, 2.24) is 14.3 Å². The van der Waals surface area contributed by atoms with Crippen molar-refractivity contribution in [2.45, 2.75) is 18.6 Å². The predicted octanol–water partition coefficient (Wildman–Crippen LogP) is 3.39. The summed E-state index contributed by atoms with van der Waals surface area (Å²) in [5.74, 6) is -1.59. The number of carbonyl (C=O) groups is 2. The largest absolute Gasteiger partial charge is 0.342 e. The molecule has 1 fully saturated rings. The van der Waals surface area contributed by atoms with Gasteiger partial charge >= 0.3 is 0 Å². The fourth-order valence-electron chi connectivity index (χ4n) is 3.59. The highest BCUT2D eigenvalue weighted by molar-refractivity contribution is 7.99. The highest BCUT2D eigenvalue weighted by atomic mass is 32.2. The van der Waals surface area contributed by atoms with Gasteiger partial charge in [-0.1, -0.05) is 0 Å².